The van der Waals surface area contributed by atoms with Gasteiger partial charge in [-0.05, 0) is 23.7 Å². The lowest BCUT2D eigenvalue weighted by atomic mass is 10.1. The average molecular weight is 251 g/mol. The maximum absolute atomic E-state index is 6.14. The van der Waals surface area contributed by atoms with Crippen LogP contribution >= 0.6 is 0 Å². The Balaban J connectivity index is 2.58. The van der Waals surface area contributed by atoms with Gasteiger partial charge in [-0.25, -0.2) is 0 Å². The van der Waals surface area contributed by atoms with E-state index in [0.29, 0.717) is 6.61 Å². The first-order valence-electron chi connectivity index (χ1n) is 6.18. The molecule has 0 unspecified atom stereocenters. The highest BCUT2D eigenvalue weighted by atomic mass is 28.4. The van der Waals surface area contributed by atoms with E-state index in [9.17, 15) is 0 Å². The van der Waals surface area contributed by atoms with Crippen molar-refractivity contribution >= 4 is 8.32 Å². The Hall–Kier alpha value is -0.643. The Morgan fingerprint density at radius 1 is 1.18 bits per heavy atom. The van der Waals surface area contributed by atoms with Gasteiger partial charge in [-0.2, -0.15) is 0 Å². The second kappa shape index (κ2) is 5.34. The molecule has 2 nitrogen and oxygen atoms in total. The molecule has 0 saturated carbocycles. The Morgan fingerprint density at radius 2 is 1.71 bits per heavy atom. The van der Waals surface area contributed by atoms with Crippen LogP contribution in [-0.4, -0.2) is 14.9 Å². The van der Waals surface area contributed by atoms with E-state index in [1.807, 2.05) is 18.2 Å². The predicted molar refractivity (Wildman–Crippen MR) is 76.5 cm³/mol. The van der Waals surface area contributed by atoms with Crippen molar-refractivity contribution in [2.45, 2.75) is 44.9 Å². The molecule has 0 heterocycles. The van der Waals surface area contributed by atoms with Crippen LogP contribution in [0.25, 0.3) is 0 Å². The van der Waals surface area contributed by atoms with Crippen molar-refractivity contribution in [3.05, 3.63) is 35.9 Å². The van der Waals surface area contributed by atoms with E-state index in [0.717, 1.165) is 5.56 Å². The largest absolute Gasteiger partial charge is 0.415 e. The van der Waals surface area contributed by atoms with Crippen LogP contribution in [0.5, 0.6) is 0 Å². The maximum Gasteiger partial charge on any atom is 0.192 e. The lowest BCUT2D eigenvalue weighted by molar-refractivity contribution is 0.264. The van der Waals surface area contributed by atoms with Gasteiger partial charge in [0.25, 0.3) is 0 Å². The predicted octanol–water partition coefficient (Wildman–Crippen LogP) is 3.71. The molecule has 0 spiro atoms. The summed E-state index contributed by atoms with van der Waals surface area (Å²) in [6.45, 7) is 11.9. The van der Waals surface area contributed by atoms with Crippen molar-refractivity contribution < 1.29 is 4.43 Å². The zero-order valence-corrected chi connectivity index (χ0v) is 12.7. The summed E-state index contributed by atoms with van der Waals surface area (Å²) in [5, 5.41) is 0.239. The quantitative estimate of drug-likeness (QED) is 0.828. The molecule has 0 aromatic heterocycles. The molecule has 1 aromatic carbocycles. The fraction of sp³-hybridized carbons (Fsp3) is 0.571. The second-order valence-electron chi connectivity index (χ2n) is 6.09. The Morgan fingerprint density at radius 3 is 2.18 bits per heavy atom. The van der Waals surface area contributed by atoms with E-state index in [1.54, 1.807) is 0 Å². The number of nitrogens with two attached hydrogens (primary N) is 1. The molecule has 0 aliphatic heterocycles. The summed E-state index contributed by atoms with van der Waals surface area (Å²) >= 11 is 0. The Kier molecular flexibility index (Phi) is 4.53. The van der Waals surface area contributed by atoms with Gasteiger partial charge in [0.05, 0.1) is 12.6 Å². The van der Waals surface area contributed by atoms with Crippen molar-refractivity contribution in [1.82, 2.24) is 0 Å². The van der Waals surface area contributed by atoms with Crippen LogP contribution in [0.15, 0.2) is 30.3 Å². The fourth-order valence-electron chi connectivity index (χ4n) is 1.31. The molecule has 0 amide bonds. The van der Waals surface area contributed by atoms with Crippen molar-refractivity contribution in [3.8, 4) is 0 Å². The third-order valence-electron chi connectivity index (χ3n) is 3.66. The van der Waals surface area contributed by atoms with Gasteiger partial charge < -0.3 is 10.2 Å². The van der Waals surface area contributed by atoms with Crippen LogP contribution in [0.2, 0.25) is 18.1 Å². The molecule has 0 aliphatic rings. The van der Waals surface area contributed by atoms with Crippen LogP contribution in [0.3, 0.4) is 0 Å². The highest BCUT2D eigenvalue weighted by molar-refractivity contribution is 6.74. The number of rotatable bonds is 4. The van der Waals surface area contributed by atoms with E-state index in [-0.39, 0.29) is 11.1 Å². The van der Waals surface area contributed by atoms with Gasteiger partial charge in [-0.15, -0.1) is 0 Å². The molecular formula is C14H25NOSi. The normalized spacial score (nSPS) is 14.7. The van der Waals surface area contributed by atoms with Gasteiger partial charge in [0.15, 0.2) is 8.32 Å². The van der Waals surface area contributed by atoms with E-state index >= 15 is 0 Å². The van der Waals surface area contributed by atoms with Crippen LogP contribution in [0.1, 0.15) is 32.4 Å². The number of benzene rings is 1. The van der Waals surface area contributed by atoms with Gasteiger partial charge >= 0.3 is 0 Å². The first kappa shape index (κ1) is 14.4. The molecule has 0 bridgehead atoms. The fourth-order valence-corrected chi connectivity index (χ4v) is 2.34. The molecule has 2 N–H and O–H groups in total. The third-order valence-corrected chi connectivity index (χ3v) is 8.16. The smallest absolute Gasteiger partial charge is 0.192 e. The summed E-state index contributed by atoms with van der Waals surface area (Å²) in [6.07, 6.45) is 0. The summed E-state index contributed by atoms with van der Waals surface area (Å²) in [5.41, 5.74) is 7.29. The average Bonchev–Trinajstić information content (AvgIpc) is 2.25. The van der Waals surface area contributed by atoms with E-state index < -0.39 is 8.32 Å². The van der Waals surface area contributed by atoms with Gasteiger partial charge in [0.2, 0.25) is 0 Å². The molecule has 3 heteroatoms. The lowest BCUT2D eigenvalue weighted by Gasteiger charge is -2.37. The molecule has 96 valence electrons. The molecular weight excluding hydrogens is 226 g/mol. The van der Waals surface area contributed by atoms with Crippen molar-refractivity contribution in [2.24, 2.45) is 5.73 Å². The van der Waals surface area contributed by atoms with Gasteiger partial charge in [-0.3, -0.25) is 0 Å². The summed E-state index contributed by atoms with van der Waals surface area (Å²) in [7, 11) is -1.68. The summed E-state index contributed by atoms with van der Waals surface area (Å²) in [5.74, 6) is 0. The zero-order chi connectivity index (χ0) is 13.1. The molecule has 0 radical (unpaired) electrons. The van der Waals surface area contributed by atoms with Gasteiger partial charge in [0.1, 0.15) is 0 Å². The topological polar surface area (TPSA) is 35.2 Å². The van der Waals surface area contributed by atoms with E-state index in [2.05, 4.69) is 46.0 Å². The molecule has 1 aromatic rings. The minimum atomic E-state index is -1.68. The van der Waals surface area contributed by atoms with E-state index in [1.165, 1.54) is 0 Å². The molecule has 0 aliphatic carbocycles. The van der Waals surface area contributed by atoms with Crippen LogP contribution < -0.4 is 5.73 Å². The first-order chi connectivity index (χ1) is 7.74. The highest BCUT2D eigenvalue weighted by Gasteiger charge is 2.37. The monoisotopic (exact) mass is 251 g/mol. The zero-order valence-electron chi connectivity index (χ0n) is 11.7. The minimum Gasteiger partial charge on any atom is -0.415 e. The molecule has 0 fully saturated rings. The van der Waals surface area contributed by atoms with Crippen LogP contribution in [-0.2, 0) is 4.43 Å². The lowest BCUT2D eigenvalue weighted by Crippen LogP contribution is -2.42. The maximum atomic E-state index is 6.14. The van der Waals surface area contributed by atoms with Crippen LogP contribution in [0.4, 0.5) is 0 Å². The first-order valence-corrected chi connectivity index (χ1v) is 9.09. The highest BCUT2D eigenvalue weighted by Crippen LogP contribution is 2.36. The molecule has 1 rings (SSSR count). The Bertz CT molecular complexity index is 343. The van der Waals surface area contributed by atoms with Crippen molar-refractivity contribution in [1.29, 1.82) is 0 Å². The van der Waals surface area contributed by atoms with Gasteiger partial charge in [-0.1, -0.05) is 51.1 Å². The van der Waals surface area contributed by atoms with Crippen molar-refractivity contribution in [2.75, 3.05) is 6.61 Å². The third kappa shape index (κ3) is 3.94. The van der Waals surface area contributed by atoms with Gasteiger partial charge in [0, 0.05) is 0 Å². The molecule has 17 heavy (non-hydrogen) atoms. The standard InChI is InChI=1S/C14H25NOSi/c1-14(2,3)17(4,5)16-11-13(15)12-9-7-6-8-10-12/h6-10,13H,11,15H2,1-5H3/t13-/m0/s1. The number of hydrogen-bond acceptors (Lipinski definition) is 2. The molecule has 1 atom stereocenters. The van der Waals surface area contributed by atoms with Crippen molar-refractivity contribution in [3.63, 3.8) is 0 Å². The second-order valence-corrected chi connectivity index (χ2v) is 10.9. The minimum absolute atomic E-state index is 0.0228. The molecule has 0 saturated heterocycles. The number of hydrogen-bond donors (Lipinski definition) is 1. The SMILES string of the molecule is CC(C)(C)[Si](C)(C)OC[C@H](N)c1ccccc1. The van der Waals surface area contributed by atoms with Crippen LogP contribution in [0, 0.1) is 0 Å². The summed E-state index contributed by atoms with van der Waals surface area (Å²) in [4.78, 5) is 0. The summed E-state index contributed by atoms with van der Waals surface area (Å²) < 4.78 is 6.12. The van der Waals surface area contributed by atoms with E-state index in [4.69, 9.17) is 10.2 Å². The Labute approximate surface area is 106 Å². The summed E-state index contributed by atoms with van der Waals surface area (Å²) in [6, 6.07) is 10.1.